The predicted molar refractivity (Wildman–Crippen MR) is 171 cm³/mol. The highest BCUT2D eigenvalue weighted by Crippen LogP contribution is 2.20. The number of carbonyl (C=O) groups is 2. The fourth-order valence-corrected chi connectivity index (χ4v) is 6.03. The van der Waals surface area contributed by atoms with Crippen molar-refractivity contribution in [2.45, 2.75) is 50.2 Å². The highest BCUT2D eigenvalue weighted by molar-refractivity contribution is 7.89. The van der Waals surface area contributed by atoms with Crippen LogP contribution in [0.2, 0.25) is 0 Å². The van der Waals surface area contributed by atoms with Gasteiger partial charge in [-0.3, -0.25) is 9.59 Å². The minimum atomic E-state index is -3.59. The van der Waals surface area contributed by atoms with Gasteiger partial charge in [0.1, 0.15) is 17.6 Å². The fourth-order valence-electron chi connectivity index (χ4n) is 4.99. The van der Waals surface area contributed by atoms with Gasteiger partial charge < -0.3 is 15.0 Å². The number of ether oxygens (including phenoxy) is 1. The molecule has 0 unspecified atom stereocenters. The van der Waals surface area contributed by atoms with E-state index in [1.807, 2.05) is 54.6 Å². The summed E-state index contributed by atoms with van der Waals surface area (Å²) >= 11 is 0. The number of amides is 2. The highest BCUT2D eigenvalue weighted by Gasteiger charge is 2.30. The van der Waals surface area contributed by atoms with Gasteiger partial charge in [0.25, 0.3) is 0 Å². The third-order valence-electron chi connectivity index (χ3n) is 7.38. The van der Waals surface area contributed by atoms with E-state index < -0.39 is 21.9 Å². The van der Waals surface area contributed by atoms with Crippen LogP contribution in [-0.2, 0) is 45.5 Å². The van der Waals surface area contributed by atoms with Gasteiger partial charge in [-0.1, -0.05) is 79.7 Å². The van der Waals surface area contributed by atoms with E-state index in [1.165, 1.54) is 24.3 Å². The summed E-state index contributed by atoms with van der Waals surface area (Å²) in [7, 11) is -2.03. The molecule has 2 amide bonds. The van der Waals surface area contributed by atoms with E-state index in [-0.39, 0.29) is 49.2 Å². The molecule has 0 heterocycles. The number of carbonyl (C=O) groups excluding carboxylic acids is 2. The second-order valence-electron chi connectivity index (χ2n) is 10.5. The summed E-state index contributed by atoms with van der Waals surface area (Å²) in [6.45, 7) is 2.28. The maximum Gasteiger partial charge on any atom is 0.243 e. The van der Waals surface area contributed by atoms with Crippen LogP contribution >= 0.6 is 0 Å². The van der Waals surface area contributed by atoms with Crippen molar-refractivity contribution in [3.8, 4) is 5.75 Å². The van der Waals surface area contributed by atoms with E-state index in [4.69, 9.17) is 4.74 Å². The smallest absolute Gasteiger partial charge is 0.243 e. The first kappa shape index (κ1) is 33.4. The molecule has 236 valence electrons. The summed E-state index contributed by atoms with van der Waals surface area (Å²) in [5, 5.41) is 2.99. The average molecular weight is 632 g/mol. The number of nitrogens with one attached hydrogen (secondary N) is 2. The number of sulfonamides is 1. The molecule has 0 radical (unpaired) electrons. The lowest BCUT2D eigenvalue weighted by Gasteiger charge is -2.32. The summed E-state index contributed by atoms with van der Waals surface area (Å²) in [5.41, 5.74) is 3.13. The Bertz CT molecular complexity index is 1660. The molecule has 8 nitrogen and oxygen atoms in total. The number of benzene rings is 4. The maximum atomic E-state index is 14.0. The summed E-state index contributed by atoms with van der Waals surface area (Å²) < 4.78 is 46.3. The van der Waals surface area contributed by atoms with Crippen molar-refractivity contribution in [2.24, 2.45) is 0 Å². The van der Waals surface area contributed by atoms with Crippen LogP contribution in [-0.4, -0.2) is 44.8 Å². The summed E-state index contributed by atoms with van der Waals surface area (Å²) in [6, 6.07) is 28.2. The van der Waals surface area contributed by atoms with Gasteiger partial charge in [0.15, 0.2) is 0 Å². The molecule has 0 fully saturated rings. The Hall–Kier alpha value is -4.54. The van der Waals surface area contributed by atoms with E-state index >= 15 is 0 Å². The largest absolute Gasteiger partial charge is 0.496 e. The lowest BCUT2D eigenvalue weighted by molar-refractivity contribution is -0.141. The molecule has 0 aliphatic rings. The minimum absolute atomic E-state index is 0.0750. The summed E-state index contributed by atoms with van der Waals surface area (Å²) in [5.74, 6) is -0.359. The minimum Gasteiger partial charge on any atom is -0.496 e. The molecule has 0 aromatic heterocycles. The van der Waals surface area contributed by atoms with Crippen molar-refractivity contribution in [3.05, 3.63) is 131 Å². The first-order valence-corrected chi connectivity index (χ1v) is 16.2. The van der Waals surface area contributed by atoms with Gasteiger partial charge in [-0.05, 0) is 53.4 Å². The third kappa shape index (κ3) is 9.47. The standard InChI is InChI=1S/C35H38FN3O5S/c1-3-38-45(42,43)31-20-15-26(16-21-31)17-22-34(40)39(25-28-13-18-30(36)19-14-28)32(23-27-9-5-4-6-10-27)35(41)37-24-29-11-7-8-12-33(29)44-2/h4-16,18-21,32,38H,3,17,22-25H2,1-2H3,(H,37,41)/t32-/m0/s1. The Kier molecular flexibility index (Phi) is 11.8. The molecule has 4 rings (SSSR count). The monoisotopic (exact) mass is 631 g/mol. The second kappa shape index (κ2) is 16.0. The molecule has 0 aliphatic carbocycles. The van der Waals surface area contributed by atoms with Gasteiger partial charge in [-0.2, -0.15) is 0 Å². The maximum absolute atomic E-state index is 14.0. The Morgan fingerprint density at radius 3 is 2.16 bits per heavy atom. The molecular weight excluding hydrogens is 593 g/mol. The topological polar surface area (TPSA) is 105 Å². The van der Waals surface area contributed by atoms with Crippen molar-refractivity contribution < 1.29 is 27.1 Å². The lowest BCUT2D eigenvalue weighted by atomic mass is 10.0. The fraction of sp³-hybridized carbons (Fsp3) is 0.257. The number of hydrogen-bond acceptors (Lipinski definition) is 5. The number of rotatable bonds is 15. The highest BCUT2D eigenvalue weighted by atomic mass is 32.2. The Balaban J connectivity index is 1.60. The molecule has 1 atom stereocenters. The van der Waals surface area contributed by atoms with Crippen LogP contribution in [0.15, 0.2) is 108 Å². The molecule has 10 heteroatoms. The van der Waals surface area contributed by atoms with Gasteiger partial charge in [-0.15, -0.1) is 0 Å². The number of aryl methyl sites for hydroxylation is 1. The van der Waals surface area contributed by atoms with E-state index in [0.29, 0.717) is 17.7 Å². The molecule has 4 aromatic rings. The number of halogens is 1. The van der Waals surface area contributed by atoms with Crippen LogP contribution in [0.4, 0.5) is 4.39 Å². The van der Waals surface area contributed by atoms with Crippen LogP contribution in [0.1, 0.15) is 35.6 Å². The van der Waals surface area contributed by atoms with Crippen molar-refractivity contribution in [1.29, 1.82) is 0 Å². The van der Waals surface area contributed by atoms with E-state index in [1.54, 1.807) is 43.2 Å². The van der Waals surface area contributed by atoms with Gasteiger partial charge >= 0.3 is 0 Å². The third-order valence-corrected chi connectivity index (χ3v) is 8.94. The van der Waals surface area contributed by atoms with Crippen molar-refractivity contribution >= 4 is 21.8 Å². The van der Waals surface area contributed by atoms with Crippen LogP contribution < -0.4 is 14.8 Å². The van der Waals surface area contributed by atoms with Crippen LogP contribution in [0.5, 0.6) is 5.75 Å². The molecule has 0 aliphatic heterocycles. The Morgan fingerprint density at radius 2 is 1.49 bits per heavy atom. The molecule has 0 bridgehead atoms. The zero-order valence-corrected chi connectivity index (χ0v) is 26.2. The van der Waals surface area contributed by atoms with E-state index in [9.17, 15) is 22.4 Å². The summed E-state index contributed by atoms with van der Waals surface area (Å²) in [6.07, 6.45) is 0.676. The van der Waals surface area contributed by atoms with Crippen molar-refractivity contribution in [3.63, 3.8) is 0 Å². The van der Waals surface area contributed by atoms with Gasteiger partial charge in [0.2, 0.25) is 21.8 Å². The Labute approximate surface area is 264 Å². The molecule has 2 N–H and O–H groups in total. The molecule has 0 saturated carbocycles. The van der Waals surface area contributed by atoms with Crippen LogP contribution in [0.3, 0.4) is 0 Å². The van der Waals surface area contributed by atoms with Gasteiger partial charge in [0.05, 0.1) is 12.0 Å². The van der Waals surface area contributed by atoms with Crippen molar-refractivity contribution in [1.82, 2.24) is 14.9 Å². The molecule has 4 aromatic carbocycles. The first-order chi connectivity index (χ1) is 21.7. The molecule has 45 heavy (non-hydrogen) atoms. The summed E-state index contributed by atoms with van der Waals surface area (Å²) in [4.78, 5) is 29.5. The number of hydrogen-bond donors (Lipinski definition) is 2. The lowest BCUT2D eigenvalue weighted by Crippen LogP contribution is -2.50. The normalized spacial score (nSPS) is 11.9. The van der Waals surface area contributed by atoms with E-state index in [2.05, 4.69) is 10.0 Å². The average Bonchev–Trinajstić information content (AvgIpc) is 3.05. The molecule has 0 spiro atoms. The van der Waals surface area contributed by atoms with Gasteiger partial charge in [0, 0.05) is 38.0 Å². The zero-order chi connectivity index (χ0) is 32.2. The second-order valence-corrected chi connectivity index (χ2v) is 12.3. The Morgan fingerprint density at radius 1 is 0.844 bits per heavy atom. The molecule has 0 saturated heterocycles. The quantitative estimate of drug-likeness (QED) is 0.192. The number of nitrogens with zero attached hydrogens (tertiary/aromatic N) is 1. The van der Waals surface area contributed by atoms with E-state index in [0.717, 1.165) is 16.7 Å². The number of para-hydroxylation sites is 1. The van der Waals surface area contributed by atoms with Gasteiger partial charge in [-0.25, -0.2) is 17.5 Å². The zero-order valence-electron chi connectivity index (χ0n) is 25.4. The molecular formula is C35H38FN3O5S. The van der Waals surface area contributed by atoms with Crippen LogP contribution in [0, 0.1) is 5.82 Å². The van der Waals surface area contributed by atoms with Crippen molar-refractivity contribution in [2.75, 3.05) is 13.7 Å². The first-order valence-electron chi connectivity index (χ1n) is 14.8. The predicted octanol–water partition coefficient (Wildman–Crippen LogP) is 5.02. The SMILES string of the molecule is CCNS(=O)(=O)c1ccc(CCC(=O)N(Cc2ccc(F)cc2)[C@@H](Cc2ccccc2)C(=O)NCc2ccccc2OC)cc1. The number of methoxy groups -OCH3 is 1. The van der Waals surface area contributed by atoms with Crippen LogP contribution in [0.25, 0.3) is 0 Å².